The highest BCUT2D eigenvalue weighted by atomic mass is 35.5. The van der Waals surface area contributed by atoms with Crippen molar-refractivity contribution in [3.8, 4) is 11.5 Å². The fourth-order valence-corrected chi connectivity index (χ4v) is 2.33. The lowest BCUT2D eigenvalue weighted by atomic mass is 10.3. The third-order valence-electron chi connectivity index (χ3n) is 2.26. The third-order valence-corrected chi connectivity index (χ3v) is 3.46. The first-order chi connectivity index (χ1) is 8.61. The summed E-state index contributed by atoms with van der Waals surface area (Å²) < 4.78 is 5.07. The molecule has 1 aromatic carbocycles. The molecule has 1 heterocycles. The zero-order valence-electron chi connectivity index (χ0n) is 9.44. The zero-order valence-corrected chi connectivity index (χ0v) is 11.0. The van der Waals surface area contributed by atoms with E-state index in [0.717, 1.165) is 0 Å². The van der Waals surface area contributed by atoms with Gasteiger partial charge >= 0.3 is 0 Å². The number of phenolic OH excluding ortho intramolecular Hbond substituents is 1. The zero-order chi connectivity index (χ0) is 13.1. The molecule has 18 heavy (non-hydrogen) atoms. The fourth-order valence-electron chi connectivity index (χ4n) is 1.40. The molecular formula is C12H10ClNO3S. The van der Waals surface area contributed by atoms with Crippen molar-refractivity contribution in [1.29, 1.82) is 0 Å². The molecule has 4 nitrogen and oxygen atoms in total. The number of amides is 1. The van der Waals surface area contributed by atoms with Crippen molar-refractivity contribution >= 4 is 34.5 Å². The summed E-state index contributed by atoms with van der Waals surface area (Å²) in [6.07, 6.45) is 0. The van der Waals surface area contributed by atoms with Gasteiger partial charge in [-0.2, -0.15) is 0 Å². The minimum absolute atomic E-state index is 0.0247. The first kappa shape index (κ1) is 12.7. The molecule has 2 N–H and O–H groups in total. The van der Waals surface area contributed by atoms with Gasteiger partial charge in [0.25, 0.3) is 5.91 Å². The van der Waals surface area contributed by atoms with Gasteiger partial charge in [-0.25, -0.2) is 0 Å². The molecule has 6 heteroatoms. The Hall–Kier alpha value is -1.72. The lowest BCUT2D eigenvalue weighted by Crippen LogP contribution is -2.11. The van der Waals surface area contributed by atoms with E-state index in [2.05, 4.69) is 5.32 Å². The molecular weight excluding hydrogens is 274 g/mol. The molecule has 1 aromatic heterocycles. The summed E-state index contributed by atoms with van der Waals surface area (Å²) in [4.78, 5) is 12.5. The first-order valence-electron chi connectivity index (χ1n) is 5.03. The Morgan fingerprint density at radius 1 is 1.44 bits per heavy atom. The summed E-state index contributed by atoms with van der Waals surface area (Å²) in [5, 5.41) is 13.9. The van der Waals surface area contributed by atoms with Crippen molar-refractivity contribution in [1.82, 2.24) is 0 Å². The summed E-state index contributed by atoms with van der Waals surface area (Å²) in [5.74, 6) is 0.231. The highest BCUT2D eigenvalue weighted by Gasteiger charge is 2.14. The molecule has 0 spiro atoms. The molecule has 0 aliphatic heterocycles. The molecule has 2 rings (SSSR count). The number of carbonyl (C=O) groups excluding carboxylic acids is 1. The number of hydrogen-bond acceptors (Lipinski definition) is 4. The van der Waals surface area contributed by atoms with Gasteiger partial charge in [-0.3, -0.25) is 4.79 Å². The predicted molar refractivity (Wildman–Crippen MR) is 71.9 cm³/mol. The monoisotopic (exact) mass is 283 g/mol. The number of anilines is 1. The molecule has 0 aliphatic rings. The normalized spacial score (nSPS) is 10.1. The summed E-state index contributed by atoms with van der Waals surface area (Å²) in [7, 11) is 1.51. The Bertz CT molecular complexity index is 582. The average molecular weight is 284 g/mol. The lowest BCUT2D eigenvalue weighted by Gasteiger charge is -2.06. The highest BCUT2D eigenvalue weighted by molar-refractivity contribution is 7.12. The summed E-state index contributed by atoms with van der Waals surface area (Å²) in [6, 6.07) is 6.20. The number of carbonyl (C=O) groups is 1. The number of phenols is 1. The lowest BCUT2D eigenvalue weighted by molar-refractivity contribution is 0.102. The second-order valence-electron chi connectivity index (χ2n) is 3.44. The number of hydrogen-bond donors (Lipinski definition) is 2. The van der Waals surface area contributed by atoms with Gasteiger partial charge < -0.3 is 15.2 Å². The van der Waals surface area contributed by atoms with Crippen LogP contribution in [0.1, 0.15) is 9.67 Å². The molecule has 0 radical (unpaired) electrons. The Balaban J connectivity index is 2.19. The fraction of sp³-hybridized carbons (Fsp3) is 0.0833. The molecule has 0 saturated carbocycles. The number of benzene rings is 1. The predicted octanol–water partition coefficient (Wildman–Crippen LogP) is 3.37. The van der Waals surface area contributed by atoms with Crippen LogP contribution in [-0.2, 0) is 0 Å². The molecule has 0 fully saturated rings. The van der Waals surface area contributed by atoms with Gasteiger partial charge in [0, 0.05) is 5.69 Å². The number of rotatable bonds is 3. The van der Waals surface area contributed by atoms with Crippen LogP contribution in [0.15, 0.2) is 29.6 Å². The largest absolute Gasteiger partial charge is 0.506 e. The van der Waals surface area contributed by atoms with E-state index in [1.54, 1.807) is 17.5 Å². The number of thiophene rings is 1. The van der Waals surface area contributed by atoms with Crippen molar-refractivity contribution in [2.75, 3.05) is 12.4 Å². The standard InChI is InChI=1S/C12H10ClNO3S/c1-17-10-4-5-18-11(10)12(16)14-7-2-3-9(15)8(13)6-7/h2-6,15H,1H3,(H,14,16). The van der Waals surface area contributed by atoms with Crippen molar-refractivity contribution < 1.29 is 14.6 Å². The van der Waals surface area contributed by atoms with Crippen molar-refractivity contribution in [3.05, 3.63) is 39.5 Å². The van der Waals surface area contributed by atoms with Crippen LogP contribution in [0.4, 0.5) is 5.69 Å². The molecule has 0 bridgehead atoms. The second-order valence-corrected chi connectivity index (χ2v) is 4.76. The smallest absolute Gasteiger partial charge is 0.269 e. The van der Waals surface area contributed by atoms with Crippen molar-refractivity contribution in [2.24, 2.45) is 0 Å². The molecule has 94 valence electrons. The van der Waals surface area contributed by atoms with Crippen LogP contribution >= 0.6 is 22.9 Å². The van der Waals surface area contributed by atoms with Crippen LogP contribution in [0.3, 0.4) is 0 Å². The van der Waals surface area contributed by atoms with E-state index in [0.29, 0.717) is 16.3 Å². The van der Waals surface area contributed by atoms with E-state index in [4.69, 9.17) is 16.3 Å². The van der Waals surface area contributed by atoms with Gasteiger partial charge in [0.1, 0.15) is 16.4 Å². The minimum Gasteiger partial charge on any atom is -0.506 e. The van der Waals surface area contributed by atoms with Gasteiger partial charge in [0.2, 0.25) is 0 Å². The number of halogens is 1. The Labute approximate surface area is 113 Å². The van der Waals surface area contributed by atoms with Crippen LogP contribution in [0.25, 0.3) is 0 Å². The highest BCUT2D eigenvalue weighted by Crippen LogP contribution is 2.28. The number of ether oxygens (including phenoxy) is 1. The topological polar surface area (TPSA) is 58.6 Å². The Kier molecular flexibility index (Phi) is 3.74. The quantitative estimate of drug-likeness (QED) is 0.849. The van der Waals surface area contributed by atoms with E-state index < -0.39 is 0 Å². The molecule has 0 saturated heterocycles. The van der Waals surface area contributed by atoms with Gasteiger partial charge in [-0.1, -0.05) is 11.6 Å². The summed E-state index contributed by atoms with van der Waals surface area (Å²) in [5.41, 5.74) is 0.512. The number of methoxy groups -OCH3 is 1. The Morgan fingerprint density at radius 2 is 2.22 bits per heavy atom. The van der Waals surface area contributed by atoms with Crippen LogP contribution in [0, 0.1) is 0 Å². The van der Waals surface area contributed by atoms with Crippen molar-refractivity contribution in [2.45, 2.75) is 0 Å². The minimum atomic E-state index is -0.274. The SMILES string of the molecule is COc1ccsc1C(=O)Nc1ccc(O)c(Cl)c1. The molecule has 0 aliphatic carbocycles. The van der Waals surface area contributed by atoms with Gasteiger partial charge in [0.15, 0.2) is 0 Å². The first-order valence-corrected chi connectivity index (χ1v) is 6.29. The maximum atomic E-state index is 12.0. The van der Waals surface area contributed by atoms with Gasteiger partial charge in [-0.05, 0) is 29.6 Å². The number of nitrogens with one attached hydrogen (secondary N) is 1. The molecule has 1 amide bonds. The third kappa shape index (κ3) is 2.57. The van der Waals surface area contributed by atoms with E-state index in [1.165, 1.54) is 30.6 Å². The molecule has 2 aromatic rings. The van der Waals surface area contributed by atoms with Gasteiger partial charge in [0.05, 0.1) is 12.1 Å². The maximum absolute atomic E-state index is 12.0. The van der Waals surface area contributed by atoms with Crippen LogP contribution < -0.4 is 10.1 Å². The van der Waals surface area contributed by atoms with E-state index in [1.807, 2.05) is 0 Å². The second kappa shape index (κ2) is 5.29. The van der Waals surface area contributed by atoms with Crippen molar-refractivity contribution in [3.63, 3.8) is 0 Å². The van der Waals surface area contributed by atoms with E-state index in [-0.39, 0.29) is 16.7 Å². The Morgan fingerprint density at radius 3 is 2.89 bits per heavy atom. The average Bonchev–Trinajstić information content (AvgIpc) is 2.82. The number of aromatic hydroxyl groups is 1. The van der Waals surface area contributed by atoms with Gasteiger partial charge in [-0.15, -0.1) is 11.3 Å². The van der Waals surface area contributed by atoms with Crippen LogP contribution in [0.2, 0.25) is 5.02 Å². The maximum Gasteiger partial charge on any atom is 0.269 e. The van der Waals surface area contributed by atoms with E-state index >= 15 is 0 Å². The summed E-state index contributed by atoms with van der Waals surface area (Å²) >= 11 is 7.05. The van der Waals surface area contributed by atoms with E-state index in [9.17, 15) is 9.90 Å². The molecule has 0 atom stereocenters. The molecule has 0 unspecified atom stereocenters. The summed E-state index contributed by atoms with van der Waals surface area (Å²) in [6.45, 7) is 0. The van der Waals surface area contributed by atoms with Crippen LogP contribution in [-0.4, -0.2) is 18.1 Å². The van der Waals surface area contributed by atoms with Crippen LogP contribution in [0.5, 0.6) is 11.5 Å².